The number of hydrogen-bond donors (Lipinski definition) is 1. The number of Topliss-reactive ketones (excluding diaryl/α,β-unsaturated/α-hetero) is 1. The Balaban J connectivity index is 1.54. The summed E-state index contributed by atoms with van der Waals surface area (Å²) in [4.78, 5) is 26.6. The van der Waals surface area contributed by atoms with Crippen molar-refractivity contribution in [3.05, 3.63) is 113 Å². The third kappa shape index (κ3) is 4.26. The summed E-state index contributed by atoms with van der Waals surface area (Å²) in [6.07, 6.45) is 1.49. The summed E-state index contributed by atoms with van der Waals surface area (Å²) in [6, 6.07) is 25.9. The lowest BCUT2D eigenvalue weighted by molar-refractivity contribution is -0.112. The molecule has 0 spiro atoms. The van der Waals surface area contributed by atoms with E-state index < -0.39 is 5.91 Å². The van der Waals surface area contributed by atoms with E-state index in [2.05, 4.69) is 20.6 Å². The number of carbonyl (C=O) groups is 2. The van der Waals surface area contributed by atoms with Crippen LogP contribution in [0.5, 0.6) is 0 Å². The van der Waals surface area contributed by atoms with E-state index in [1.807, 2.05) is 54.6 Å². The summed E-state index contributed by atoms with van der Waals surface area (Å²) < 4.78 is 1.66. The topological polar surface area (TPSA) is 88.7 Å². The molecule has 0 saturated heterocycles. The molecular formula is C26H19N5O2S. The Labute approximate surface area is 199 Å². The lowest BCUT2D eigenvalue weighted by atomic mass is 9.88. The predicted octanol–water partition coefficient (Wildman–Crippen LogP) is 4.22. The second-order valence-corrected chi connectivity index (χ2v) is 8.47. The molecule has 34 heavy (non-hydrogen) atoms. The first-order chi connectivity index (χ1) is 16.6. The highest BCUT2D eigenvalue weighted by molar-refractivity contribution is 7.12. The lowest BCUT2D eigenvalue weighted by Gasteiger charge is -2.16. The molecule has 0 bridgehead atoms. The van der Waals surface area contributed by atoms with Gasteiger partial charge in [-0.05, 0) is 18.2 Å². The first-order valence-corrected chi connectivity index (χ1v) is 11.4. The van der Waals surface area contributed by atoms with Crippen LogP contribution in [0.25, 0.3) is 10.6 Å². The highest BCUT2D eigenvalue weighted by Gasteiger charge is 2.28. The van der Waals surface area contributed by atoms with Crippen LogP contribution in [0.4, 0.5) is 5.69 Å². The number of rotatable bonds is 4. The van der Waals surface area contributed by atoms with E-state index in [1.54, 1.807) is 42.1 Å². The quantitative estimate of drug-likeness (QED) is 0.362. The van der Waals surface area contributed by atoms with E-state index in [9.17, 15) is 9.59 Å². The average molecular weight is 466 g/mol. The molecule has 1 amide bonds. The molecule has 0 radical (unpaired) electrons. The van der Waals surface area contributed by atoms with Crippen LogP contribution in [0.1, 0.15) is 15.9 Å². The van der Waals surface area contributed by atoms with Crippen molar-refractivity contribution < 1.29 is 9.59 Å². The molecule has 0 atom stereocenters. The Morgan fingerprint density at radius 3 is 2.26 bits per heavy atom. The fourth-order valence-corrected chi connectivity index (χ4v) is 4.38. The zero-order valence-corrected chi connectivity index (χ0v) is 19.0. The van der Waals surface area contributed by atoms with Crippen molar-refractivity contribution in [3.63, 3.8) is 0 Å². The number of hydrogen-bond acceptors (Lipinski definition) is 6. The first kappa shape index (κ1) is 21.4. The van der Waals surface area contributed by atoms with E-state index >= 15 is 0 Å². The first-order valence-electron chi connectivity index (χ1n) is 10.5. The molecule has 5 rings (SSSR count). The fourth-order valence-electron chi connectivity index (χ4n) is 3.53. The standard InChI is InChI=1S/C26H19N5O2S/c1-31-26(34-25(30-31)17-10-4-2-5-11-17)29-28-22-16-21(23(32)20-15-9-8-14-19(20)22)24(33)27-18-12-6-3-7-13-18/h2-16H,1H3,(H,27,33)/b28-22+,29-26-. The number of aromatic nitrogens is 2. The van der Waals surface area contributed by atoms with Crippen molar-refractivity contribution in [2.75, 3.05) is 5.32 Å². The largest absolute Gasteiger partial charge is 0.322 e. The minimum absolute atomic E-state index is 0.00940. The van der Waals surface area contributed by atoms with E-state index in [1.165, 1.54) is 17.4 Å². The Morgan fingerprint density at radius 2 is 1.53 bits per heavy atom. The molecule has 1 aromatic heterocycles. The molecule has 4 aromatic rings. The smallest absolute Gasteiger partial charge is 0.259 e. The second-order valence-electron chi connectivity index (χ2n) is 7.52. The number of anilines is 1. The van der Waals surface area contributed by atoms with Crippen molar-refractivity contribution in [1.29, 1.82) is 0 Å². The van der Waals surface area contributed by atoms with Gasteiger partial charge in [-0.2, -0.15) is 5.10 Å². The van der Waals surface area contributed by atoms with Gasteiger partial charge in [0.15, 0.2) is 5.78 Å². The second kappa shape index (κ2) is 9.21. The summed E-state index contributed by atoms with van der Waals surface area (Å²) in [6.45, 7) is 0. The van der Waals surface area contributed by atoms with Gasteiger partial charge in [0.2, 0.25) is 4.80 Å². The van der Waals surface area contributed by atoms with Gasteiger partial charge in [-0.25, -0.2) is 4.68 Å². The highest BCUT2D eigenvalue weighted by Crippen LogP contribution is 2.23. The number of ketones is 1. The van der Waals surface area contributed by atoms with Gasteiger partial charge in [0.1, 0.15) is 5.01 Å². The van der Waals surface area contributed by atoms with Gasteiger partial charge in [-0.1, -0.05) is 84.1 Å². The van der Waals surface area contributed by atoms with Crippen LogP contribution in [0.15, 0.2) is 107 Å². The van der Waals surface area contributed by atoms with E-state index in [0.717, 1.165) is 10.6 Å². The molecule has 7 nitrogen and oxygen atoms in total. The van der Waals surface area contributed by atoms with Crippen LogP contribution in [0.2, 0.25) is 0 Å². The van der Waals surface area contributed by atoms with Crippen molar-refractivity contribution in [1.82, 2.24) is 9.78 Å². The zero-order chi connectivity index (χ0) is 23.5. The Kier molecular flexibility index (Phi) is 5.80. The van der Waals surface area contributed by atoms with Crippen LogP contribution in [0.3, 0.4) is 0 Å². The Hall–Kier alpha value is -4.43. The van der Waals surface area contributed by atoms with Crippen LogP contribution in [0, 0.1) is 0 Å². The minimum atomic E-state index is -0.492. The normalized spacial score (nSPS) is 14.6. The molecule has 0 unspecified atom stereocenters. The summed E-state index contributed by atoms with van der Waals surface area (Å²) in [5, 5.41) is 16.9. The maximum absolute atomic E-state index is 13.1. The number of amides is 1. The molecule has 1 N–H and O–H groups in total. The van der Waals surface area contributed by atoms with Crippen LogP contribution < -0.4 is 10.1 Å². The van der Waals surface area contributed by atoms with Gasteiger partial charge in [0.05, 0.1) is 11.3 Å². The molecular weight excluding hydrogens is 446 g/mol. The number of nitrogens with one attached hydrogen (secondary N) is 1. The van der Waals surface area contributed by atoms with Gasteiger partial charge in [0, 0.05) is 29.4 Å². The third-order valence-electron chi connectivity index (χ3n) is 5.22. The van der Waals surface area contributed by atoms with Gasteiger partial charge >= 0.3 is 0 Å². The molecule has 3 aromatic carbocycles. The maximum atomic E-state index is 13.1. The molecule has 8 heteroatoms. The van der Waals surface area contributed by atoms with Gasteiger partial charge < -0.3 is 5.32 Å². The van der Waals surface area contributed by atoms with Crippen LogP contribution in [-0.4, -0.2) is 27.2 Å². The molecule has 0 fully saturated rings. The fraction of sp³-hybridized carbons (Fsp3) is 0.0385. The van der Waals surface area contributed by atoms with Crippen molar-refractivity contribution >= 4 is 34.4 Å². The number of carbonyl (C=O) groups excluding carboxylic acids is 2. The number of fused-ring (bicyclic) bond motifs is 1. The summed E-state index contributed by atoms with van der Waals surface area (Å²) >= 11 is 1.40. The molecule has 166 valence electrons. The molecule has 0 aliphatic heterocycles. The number of para-hydroxylation sites is 1. The SMILES string of the molecule is Cn1nc(-c2ccccc2)s/c1=N\N=C1/C=C(C(=O)Nc2ccccc2)C(=O)c2ccccc21. The lowest BCUT2D eigenvalue weighted by Crippen LogP contribution is -2.26. The van der Waals surface area contributed by atoms with Gasteiger partial charge in [-0.3, -0.25) is 9.59 Å². The Bertz CT molecular complexity index is 1520. The highest BCUT2D eigenvalue weighted by atomic mass is 32.1. The average Bonchev–Trinajstić information content (AvgIpc) is 3.25. The summed E-state index contributed by atoms with van der Waals surface area (Å²) in [7, 11) is 1.80. The maximum Gasteiger partial charge on any atom is 0.259 e. The van der Waals surface area contributed by atoms with Crippen molar-refractivity contribution in [2.45, 2.75) is 0 Å². The minimum Gasteiger partial charge on any atom is -0.322 e. The number of aryl methyl sites for hydroxylation is 1. The predicted molar refractivity (Wildman–Crippen MR) is 133 cm³/mol. The number of benzene rings is 3. The monoisotopic (exact) mass is 465 g/mol. The summed E-state index contributed by atoms with van der Waals surface area (Å²) in [5.41, 5.74) is 3.08. The third-order valence-corrected chi connectivity index (χ3v) is 6.26. The molecule has 1 aliphatic carbocycles. The van der Waals surface area contributed by atoms with E-state index in [0.29, 0.717) is 27.3 Å². The van der Waals surface area contributed by atoms with E-state index in [-0.39, 0.29) is 11.4 Å². The molecule has 1 heterocycles. The number of allylic oxidation sites excluding steroid dienone is 1. The Morgan fingerprint density at radius 1 is 0.882 bits per heavy atom. The number of nitrogens with zero attached hydrogens (tertiary/aromatic N) is 4. The van der Waals surface area contributed by atoms with Gasteiger partial charge in [-0.15, -0.1) is 10.2 Å². The zero-order valence-electron chi connectivity index (χ0n) is 18.2. The summed E-state index contributed by atoms with van der Waals surface area (Å²) in [5.74, 6) is -0.842. The molecule has 1 aliphatic rings. The van der Waals surface area contributed by atoms with Crippen molar-refractivity contribution in [3.8, 4) is 10.6 Å². The van der Waals surface area contributed by atoms with Crippen LogP contribution in [-0.2, 0) is 11.8 Å². The van der Waals surface area contributed by atoms with E-state index in [4.69, 9.17) is 0 Å². The van der Waals surface area contributed by atoms with Crippen molar-refractivity contribution in [2.24, 2.45) is 17.3 Å². The van der Waals surface area contributed by atoms with Crippen LogP contribution >= 0.6 is 11.3 Å². The van der Waals surface area contributed by atoms with Gasteiger partial charge in [0.25, 0.3) is 5.91 Å². The molecule has 0 saturated carbocycles.